The Hall–Kier alpha value is -0.0800. The SMILES string of the molecule is C[C@@H]1CNC[C@@]1(C)CN. The normalized spacial score (nSPS) is 43.7. The van der Waals surface area contributed by atoms with Crippen molar-refractivity contribution in [1.29, 1.82) is 0 Å². The predicted octanol–water partition coefficient (Wildman–Crippen LogP) is 0.191. The maximum absolute atomic E-state index is 5.62. The lowest BCUT2D eigenvalue weighted by Crippen LogP contribution is -2.33. The van der Waals surface area contributed by atoms with E-state index in [1.54, 1.807) is 0 Å². The van der Waals surface area contributed by atoms with Crippen molar-refractivity contribution >= 4 is 0 Å². The fourth-order valence-electron chi connectivity index (χ4n) is 1.27. The van der Waals surface area contributed by atoms with E-state index in [4.69, 9.17) is 5.73 Å². The van der Waals surface area contributed by atoms with Gasteiger partial charge in [0, 0.05) is 6.54 Å². The highest BCUT2D eigenvalue weighted by Crippen LogP contribution is 2.28. The minimum Gasteiger partial charge on any atom is -0.330 e. The average molecular weight is 128 g/mol. The third kappa shape index (κ3) is 1.10. The van der Waals surface area contributed by atoms with Crippen LogP contribution in [0.1, 0.15) is 13.8 Å². The summed E-state index contributed by atoms with van der Waals surface area (Å²) < 4.78 is 0. The summed E-state index contributed by atoms with van der Waals surface area (Å²) in [6.07, 6.45) is 0. The van der Waals surface area contributed by atoms with Crippen molar-refractivity contribution in [2.45, 2.75) is 13.8 Å². The first-order valence-electron chi connectivity index (χ1n) is 3.60. The van der Waals surface area contributed by atoms with Gasteiger partial charge in [-0.15, -0.1) is 0 Å². The predicted molar refractivity (Wildman–Crippen MR) is 39.2 cm³/mol. The van der Waals surface area contributed by atoms with Crippen LogP contribution < -0.4 is 11.1 Å². The molecule has 0 unspecified atom stereocenters. The molecule has 1 aliphatic rings. The standard InChI is InChI=1S/C7H16N2/c1-6-3-9-5-7(6,2)4-8/h6,9H,3-5,8H2,1-2H3/t6-,7-/m1/s1. The molecule has 2 nitrogen and oxygen atoms in total. The average Bonchev–Trinajstić information content (AvgIpc) is 2.15. The summed E-state index contributed by atoms with van der Waals surface area (Å²) in [5, 5.41) is 3.33. The summed E-state index contributed by atoms with van der Waals surface area (Å²) in [5.74, 6) is 0.738. The van der Waals surface area contributed by atoms with Crippen molar-refractivity contribution in [3.63, 3.8) is 0 Å². The van der Waals surface area contributed by atoms with Crippen molar-refractivity contribution in [1.82, 2.24) is 5.32 Å². The molecule has 0 spiro atoms. The first kappa shape index (κ1) is 7.03. The van der Waals surface area contributed by atoms with Crippen LogP contribution in [0.25, 0.3) is 0 Å². The summed E-state index contributed by atoms with van der Waals surface area (Å²) in [6.45, 7) is 7.53. The van der Waals surface area contributed by atoms with Gasteiger partial charge in [0.15, 0.2) is 0 Å². The van der Waals surface area contributed by atoms with E-state index in [1.807, 2.05) is 0 Å². The first-order chi connectivity index (χ1) is 4.19. The Balaban J connectivity index is 2.56. The maximum Gasteiger partial charge on any atom is 0.00204 e. The molecule has 9 heavy (non-hydrogen) atoms. The lowest BCUT2D eigenvalue weighted by atomic mass is 9.81. The van der Waals surface area contributed by atoms with Gasteiger partial charge < -0.3 is 11.1 Å². The second-order valence-electron chi connectivity index (χ2n) is 3.39. The lowest BCUT2D eigenvalue weighted by molar-refractivity contribution is 0.286. The van der Waals surface area contributed by atoms with Crippen molar-refractivity contribution < 1.29 is 0 Å². The number of nitrogens with two attached hydrogens (primary N) is 1. The van der Waals surface area contributed by atoms with Gasteiger partial charge in [0.05, 0.1) is 0 Å². The van der Waals surface area contributed by atoms with Crippen LogP contribution in [0, 0.1) is 11.3 Å². The summed E-state index contributed by atoms with van der Waals surface area (Å²) in [7, 11) is 0. The minimum absolute atomic E-state index is 0.361. The van der Waals surface area contributed by atoms with Crippen molar-refractivity contribution in [2.24, 2.45) is 17.1 Å². The molecule has 1 fully saturated rings. The Morgan fingerprint density at radius 2 is 2.44 bits per heavy atom. The van der Waals surface area contributed by atoms with Crippen LogP contribution in [0.5, 0.6) is 0 Å². The van der Waals surface area contributed by atoms with Crippen LogP contribution in [0.4, 0.5) is 0 Å². The van der Waals surface area contributed by atoms with Crippen molar-refractivity contribution in [3.05, 3.63) is 0 Å². The number of nitrogens with one attached hydrogen (secondary N) is 1. The molecule has 0 aromatic rings. The second-order valence-corrected chi connectivity index (χ2v) is 3.39. The van der Waals surface area contributed by atoms with Gasteiger partial charge >= 0.3 is 0 Å². The summed E-state index contributed by atoms with van der Waals surface area (Å²) in [5.41, 5.74) is 5.98. The van der Waals surface area contributed by atoms with Gasteiger partial charge in [-0.05, 0) is 24.4 Å². The van der Waals surface area contributed by atoms with Gasteiger partial charge in [-0.2, -0.15) is 0 Å². The molecule has 0 bridgehead atoms. The highest BCUT2D eigenvalue weighted by molar-refractivity contribution is 4.89. The molecule has 54 valence electrons. The van der Waals surface area contributed by atoms with E-state index in [9.17, 15) is 0 Å². The van der Waals surface area contributed by atoms with Crippen LogP contribution in [-0.4, -0.2) is 19.6 Å². The summed E-state index contributed by atoms with van der Waals surface area (Å²) >= 11 is 0. The van der Waals surface area contributed by atoms with E-state index in [2.05, 4.69) is 19.2 Å². The highest BCUT2D eigenvalue weighted by atomic mass is 14.9. The highest BCUT2D eigenvalue weighted by Gasteiger charge is 2.33. The van der Waals surface area contributed by atoms with Crippen LogP contribution >= 0.6 is 0 Å². The molecule has 1 heterocycles. The molecule has 3 N–H and O–H groups in total. The molecule has 2 heteroatoms. The third-order valence-corrected chi connectivity index (χ3v) is 2.64. The summed E-state index contributed by atoms with van der Waals surface area (Å²) in [6, 6.07) is 0. The molecule has 0 radical (unpaired) electrons. The van der Waals surface area contributed by atoms with Crippen LogP contribution in [0.2, 0.25) is 0 Å². The number of hydrogen-bond donors (Lipinski definition) is 2. The van der Waals surface area contributed by atoms with Gasteiger partial charge in [-0.25, -0.2) is 0 Å². The third-order valence-electron chi connectivity index (χ3n) is 2.64. The van der Waals surface area contributed by atoms with E-state index in [0.717, 1.165) is 25.6 Å². The van der Waals surface area contributed by atoms with Gasteiger partial charge in [-0.1, -0.05) is 13.8 Å². The maximum atomic E-state index is 5.62. The van der Waals surface area contributed by atoms with E-state index in [-0.39, 0.29) is 0 Å². The van der Waals surface area contributed by atoms with Gasteiger partial charge in [0.2, 0.25) is 0 Å². The van der Waals surface area contributed by atoms with E-state index < -0.39 is 0 Å². The molecule has 0 saturated carbocycles. The minimum atomic E-state index is 0.361. The van der Waals surface area contributed by atoms with Crippen LogP contribution in [0.15, 0.2) is 0 Å². The van der Waals surface area contributed by atoms with Gasteiger partial charge in [0.1, 0.15) is 0 Å². The molecule has 1 saturated heterocycles. The Bertz CT molecular complexity index is 103. The molecule has 1 aliphatic heterocycles. The van der Waals surface area contributed by atoms with E-state index >= 15 is 0 Å². The second kappa shape index (κ2) is 2.27. The number of rotatable bonds is 1. The van der Waals surface area contributed by atoms with Crippen molar-refractivity contribution in [3.8, 4) is 0 Å². The van der Waals surface area contributed by atoms with Crippen molar-refractivity contribution in [2.75, 3.05) is 19.6 Å². The molecular formula is C7H16N2. The Kier molecular flexibility index (Phi) is 1.78. The monoisotopic (exact) mass is 128 g/mol. The quantitative estimate of drug-likeness (QED) is 0.529. The number of hydrogen-bond acceptors (Lipinski definition) is 2. The Labute approximate surface area is 56.8 Å². The topological polar surface area (TPSA) is 38.0 Å². The zero-order chi connectivity index (χ0) is 6.91. The van der Waals surface area contributed by atoms with Crippen LogP contribution in [-0.2, 0) is 0 Å². The van der Waals surface area contributed by atoms with Gasteiger partial charge in [-0.3, -0.25) is 0 Å². The molecule has 2 atom stereocenters. The molecule has 1 rings (SSSR count). The fraction of sp³-hybridized carbons (Fsp3) is 1.00. The molecular weight excluding hydrogens is 112 g/mol. The molecule has 0 aromatic heterocycles. The zero-order valence-electron chi connectivity index (χ0n) is 6.28. The zero-order valence-corrected chi connectivity index (χ0v) is 6.28. The molecule has 0 aromatic carbocycles. The van der Waals surface area contributed by atoms with E-state index in [1.165, 1.54) is 0 Å². The lowest BCUT2D eigenvalue weighted by Gasteiger charge is -2.25. The van der Waals surface area contributed by atoms with Gasteiger partial charge in [0.25, 0.3) is 0 Å². The molecule has 0 amide bonds. The van der Waals surface area contributed by atoms with Crippen LogP contribution in [0.3, 0.4) is 0 Å². The Morgan fingerprint density at radius 1 is 1.78 bits per heavy atom. The largest absolute Gasteiger partial charge is 0.330 e. The van der Waals surface area contributed by atoms with E-state index in [0.29, 0.717) is 5.41 Å². The molecule has 0 aliphatic carbocycles. The smallest absolute Gasteiger partial charge is 0.00204 e. The summed E-state index contributed by atoms with van der Waals surface area (Å²) in [4.78, 5) is 0. The first-order valence-corrected chi connectivity index (χ1v) is 3.60. The fourth-order valence-corrected chi connectivity index (χ4v) is 1.27. The Morgan fingerprint density at radius 3 is 2.67 bits per heavy atom.